The first-order valence-corrected chi connectivity index (χ1v) is 11.5. The molecule has 2 aliphatic rings. The number of likely N-dealkylation sites (N-methyl/N-ethyl adjacent to an activating group) is 1. The number of halogens is 1. The highest BCUT2D eigenvalue weighted by atomic mass is 79.9. The number of rotatable bonds is 7. The van der Waals surface area contributed by atoms with E-state index in [0.717, 1.165) is 42.2 Å². The third-order valence-electron chi connectivity index (χ3n) is 5.85. The van der Waals surface area contributed by atoms with Crippen molar-refractivity contribution in [1.29, 1.82) is 0 Å². The number of hydrogen-bond donors (Lipinski definition) is 3. The van der Waals surface area contributed by atoms with Crippen molar-refractivity contribution in [2.75, 3.05) is 48.8 Å². The van der Waals surface area contributed by atoms with Crippen LogP contribution in [0.25, 0.3) is 0 Å². The maximum absolute atomic E-state index is 4.61. The number of nitrogens with one attached hydrogen (secondary N) is 3. The Labute approximate surface area is 190 Å². The molecule has 1 saturated heterocycles. The molecule has 1 aliphatic carbocycles. The van der Waals surface area contributed by atoms with Crippen LogP contribution in [0, 0.1) is 0 Å². The van der Waals surface area contributed by atoms with Gasteiger partial charge in [-0.1, -0.05) is 12.1 Å². The maximum Gasteiger partial charge on any atom is 0.224 e. The van der Waals surface area contributed by atoms with E-state index in [2.05, 4.69) is 93.9 Å². The van der Waals surface area contributed by atoms with E-state index in [1.807, 2.05) is 0 Å². The summed E-state index contributed by atoms with van der Waals surface area (Å²) in [5, 5.41) is 14.0. The SMILES string of the molecule is CN1CCN(c2ccc(CNc3ncc(Br)c(Nc4cc(C5CC5)n[nH]4)n3)cc2)CC1. The molecule has 8 nitrogen and oxygen atoms in total. The zero-order chi connectivity index (χ0) is 21.2. The highest BCUT2D eigenvalue weighted by Gasteiger charge is 2.26. The molecule has 9 heteroatoms. The fraction of sp³-hybridized carbons (Fsp3) is 0.409. The van der Waals surface area contributed by atoms with E-state index in [4.69, 9.17) is 0 Å². The summed E-state index contributed by atoms with van der Waals surface area (Å²) in [6, 6.07) is 10.8. The Balaban J connectivity index is 1.19. The topological polar surface area (TPSA) is 85.0 Å². The highest BCUT2D eigenvalue weighted by molar-refractivity contribution is 9.10. The molecule has 1 aromatic carbocycles. The van der Waals surface area contributed by atoms with Crippen LogP contribution in [0.4, 0.5) is 23.3 Å². The summed E-state index contributed by atoms with van der Waals surface area (Å²) in [4.78, 5) is 13.8. The molecule has 0 atom stereocenters. The molecule has 2 fully saturated rings. The van der Waals surface area contributed by atoms with E-state index in [-0.39, 0.29) is 0 Å². The van der Waals surface area contributed by atoms with Crippen molar-refractivity contribution < 1.29 is 0 Å². The lowest BCUT2D eigenvalue weighted by molar-refractivity contribution is 0.313. The fourth-order valence-corrected chi connectivity index (χ4v) is 4.02. The molecular formula is C22H27BrN8. The second kappa shape index (κ2) is 8.84. The molecule has 3 heterocycles. The molecule has 3 aromatic rings. The maximum atomic E-state index is 4.61. The van der Waals surface area contributed by atoms with E-state index >= 15 is 0 Å². The minimum atomic E-state index is 0.579. The summed E-state index contributed by atoms with van der Waals surface area (Å²) in [6.45, 7) is 5.05. The third-order valence-corrected chi connectivity index (χ3v) is 6.43. The lowest BCUT2D eigenvalue weighted by Gasteiger charge is -2.34. The van der Waals surface area contributed by atoms with Gasteiger partial charge in [0.25, 0.3) is 0 Å². The predicted octanol–water partition coefficient (Wildman–Crippen LogP) is 3.95. The van der Waals surface area contributed by atoms with E-state index in [9.17, 15) is 0 Å². The van der Waals surface area contributed by atoms with Gasteiger partial charge in [-0.15, -0.1) is 0 Å². The quantitative estimate of drug-likeness (QED) is 0.469. The molecule has 3 N–H and O–H groups in total. The second-order valence-electron chi connectivity index (χ2n) is 8.31. The number of piperazine rings is 1. The van der Waals surface area contributed by atoms with Gasteiger partial charge in [0.2, 0.25) is 5.95 Å². The van der Waals surface area contributed by atoms with E-state index < -0.39 is 0 Å². The van der Waals surface area contributed by atoms with Gasteiger partial charge in [-0.2, -0.15) is 10.1 Å². The summed E-state index contributed by atoms with van der Waals surface area (Å²) in [7, 11) is 2.18. The number of benzene rings is 1. The predicted molar refractivity (Wildman–Crippen MR) is 127 cm³/mol. The van der Waals surface area contributed by atoms with Crippen molar-refractivity contribution in [2.24, 2.45) is 0 Å². The molecule has 1 aliphatic heterocycles. The largest absolute Gasteiger partial charge is 0.369 e. The van der Waals surface area contributed by atoms with Crippen molar-refractivity contribution in [3.63, 3.8) is 0 Å². The second-order valence-corrected chi connectivity index (χ2v) is 9.16. The fourth-order valence-electron chi connectivity index (χ4n) is 3.73. The first kappa shape index (κ1) is 20.3. The molecule has 31 heavy (non-hydrogen) atoms. The van der Waals surface area contributed by atoms with Gasteiger partial charge in [0.05, 0.1) is 10.2 Å². The van der Waals surface area contributed by atoms with Crippen LogP contribution in [0.1, 0.15) is 30.0 Å². The van der Waals surface area contributed by atoms with E-state index in [1.54, 1.807) is 6.20 Å². The van der Waals surface area contributed by atoms with Gasteiger partial charge < -0.3 is 20.4 Å². The molecule has 1 saturated carbocycles. The number of aromatic nitrogens is 4. The lowest BCUT2D eigenvalue weighted by atomic mass is 10.2. The standard InChI is InChI=1S/C22H27BrN8/c1-30-8-10-31(11-9-30)17-6-2-15(3-7-17)13-24-22-25-14-18(23)21(27-22)26-20-12-19(28-29-20)16-4-5-16/h2-3,6-7,12,14,16H,4-5,8-11,13H2,1H3,(H3,24,25,26,27,28,29). The molecule has 5 rings (SSSR count). The number of aromatic amines is 1. The number of hydrogen-bond acceptors (Lipinski definition) is 7. The summed E-state index contributed by atoms with van der Waals surface area (Å²) < 4.78 is 0.803. The average molecular weight is 483 g/mol. The van der Waals surface area contributed by atoms with Gasteiger partial charge in [-0.3, -0.25) is 5.10 Å². The van der Waals surface area contributed by atoms with Gasteiger partial charge in [-0.05, 0) is 53.5 Å². The molecule has 0 bridgehead atoms. The van der Waals surface area contributed by atoms with E-state index in [1.165, 1.54) is 24.1 Å². The van der Waals surface area contributed by atoms with Crippen LogP contribution in [-0.2, 0) is 6.54 Å². The molecule has 0 unspecified atom stereocenters. The lowest BCUT2D eigenvalue weighted by Crippen LogP contribution is -2.44. The van der Waals surface area contributed by atoms with Crippen molar-refractivity contribution in [2.45, 2.75) is 25.3 Å². The van der Waals surface area contributed by atoms with Crippen LogP contribution in [0.15, 0.2) is 41.0 Å². The van der Waals surface area contributed by atoms with Crippen molar-refractivity contribution >= 4 is 39.2 Å². The summed E-state index contributed by atoms with van der Waals surface area (Å²) >= 11 is 3.52. The highest BCUT2D eigenvalue weighted by Crippen LogP contribution is 2.39. The van der Waals surface area contributed by atoms with Crippen LogP contribution < -0.4 is 15.5 Å². The summed E-state index contributed by atoms with van der Waals surface area (Å²) in [5.74, 6) is 2.73. The van der Waals surface area contributed by atoms with Gasteiger partial charge in [0.1, 0.15) is 5.82 Å². The van der Waals surface area contributed by atoms with Gasteiger partial charge >= 0.3 is 0 Å². The van der Waals surface area contributed by atoms with Gasteiger partial charge in [0, 0.05) is 56.6 Å². The minimum absolute atomic E-state index is 0.579. The number of anilines is 4. The zero-order valence-electron chi connectivity index (χ0n) is 17.6. The first-order valence-electron chi connectivity index (χ1n) is 10.8. The van der Waals surface area contributed by atoms with Gasteiger partial charge in [-0.25, -0.2) is 4.98 Å². The molecule has 0 amide bonds. The third kappa shape index (κ3) is 4.99. The van der Waals surface area contributed by atoms with Crippen molar-refractivity contribution in [3.05, 3.63) is 52.3 Å². The van der Waals surface area contributed by atoms with Gasteiger partial charge in [0.15, 0.2) is 5.82 Å². The Kier molecular flexibility index (Phi) is 5.78. The molecule has 2 aromatic heterocycles. The smallest absolute Gasteiger partial charge is 0.224 e. The number of H-pyrrole nitrogens is 1. The molecule has 0 radical (unpaired) electrons. The Morgan fingerprint density at radius 1 is 1.13 bits per heavy atom. The normalized spacial score (nSPS) is 17.0. The monoisotopic (exact) mass is 482 g/mol. The van der Waals surface area contributed by atoms with Crippen LogP contribution in [0.5, 0.6) is 0 Å². The van der Waals surface area contributed by atoms with Crippen LogP contribution >= 0.6 is 15.9 Å². The van der Waals surface area contributed by atoms with Crippen LogP contribution in [0.3, 0.4) is 0 Å². The van der Waals surface area contributed by atoms with Crippen LogP contribution in [-0.4, -0.2) is 58.3 Å². The Morgan fingerprint density at radius 3 is 2.65 bits per heavy atom. The zero-order valence-corrected chi connectivity index (χ0v) is 19.2. The molecular weight excluding hydrogens is 456 g/mol. The number of nitrogens with zero attached hydrogens (tertiary/aromatic N) is 5. The Bertz CT molecular complexity index is 1020. The van der Waals surface area contributed by atoms with Crippen molar-refractivity contribution in [1.82, 2.24) is 25.1 Å². The first-order chi connectivity index (χ1) is 15.1. The Hall–Kier alpha value is -2.65. The summed E-state index contributed by atoms with van der Waals surface area (Å²) in [6.07, 6.45) is 4.21. The minimum Gasteiger partial charge on any atom is -0.369 e. The van der Waals surface area contributed by atoms with Crippen molar-refractivity contribution in [3.8, 4) is 0 Å². The van der Waals surface area contributed by atoms with E-state index in [0.29, 0.717) is 24.2 Å². The average Bonchev–Trinajstić information content (AvgIpc) is 3.54. The van der Waals surface area contributed by atoms with Crippen LogP contribution in [0.2, 0.25) is 0 Å². The Morgan fingerprint density at radius 2 is 1.90 bits per heavy atom. The molecule has 0 spiro atoms. The molecule has 162 valence electrons. The summed E-state index contributed by atoms with van der Waals surface area (Å²) in [5.41, 5.74) is 3.60.